The van der Waals surface area contributed by atoms with Gasteiger partial charge in [-0.05, 0) is 43.7 Å². The van der Waals surface area contributed by atoms with Crippen molar-refractivity contribution in [3.05, 3.63) is 96.1 Å². The Hall–Kier alpha value is -2.08. The summed E-state index contributed by atoms with van der Waals surface area (Å²) in [5.74, 6) is 0. The molecule has 0 radical (unpaired) electrons. The van der Waals surface area contributed by atoms with Gasteiger partial charge in [0.2, 0.25) is 10.0 Å². The molecule has 3 nitrogen and oxygen atoms in total. The van der Waals surface area contributed by atoms with E-state index >= 15 is 0 Å². The van der Waals surface area contributed by atoms with Gasteiger partial charge in [0.05, 0.1) is 10.1 Å². The zero-order valence-corrected chi connectivity index (χ0v) is 17.0. The van der Waals surface area contributed by atoms with Gasteiger partial charge in [0.1, 0.15) is 0 Å². The van der Waals surface area contributed by atoms with Gasteiger partial charge in [-0.3, -0.25) is 0 Å². The van der Waals surface area contributed by atoms with E-state index in [1.807, 2.05) is 86.6 Å². The van der Waals surface area contributed by atoms with E-state index < -0.39 is 10.0 Å². The van der Waals surface area contributed by atoms with Crippen LogP contribution in [0.5, 0.6) is 0 Å². The smallest absolute Gasteiger partial charge is 0.207 e. The quantitative estimate of drug-likeness (QED) is 0.558. The minimum Gasteiger partial charge on any atom is -0.207 e. The lowest BCUT2D eigenvalue weighted by Crippen LogP contribution is -2.36. The highest BCUT2D eigenvalue weighted by atomic mass is 32.2. The van der Waals surface area contributed by atoms with E-state index in [1.54, 1.807) is 23.9 Å². The summed E-state index contributed by atoms with van der Waals surface area (Å²) >= 11 is 1.66. The molecule has 0 aliphatic rings. The number of hydrogen-bond acceptors (Lipinski definition) is 3. The second-order valence-corrected chi connectivity index (χ2v) is 9.41. The SMILES string of the molecule is Cc1ccc(S(=O)(=O)NC(C)C(Sc2ccccc2)c2ccccc2)cc1. The standard InChI is InChI=1S/C22H23NO2S2/c1-17-13-15-21(16-14-17)27(24,25)23-18(2)22(19-9-5-3-6-10-19)26-20-11-7-4-8-12-20/h3-16,18,22-23H,1-2H3. The zero-order chi connectivity index (χ0) is 19.3. The van der Waals surface area contributed by atoms with E-state index in [2.05, 4.69) is 4.72 Å². The Morgan fingerprint density at radius 3 is 1.96 bits per heavy atom. The first kappa shape index (κ1) is 19.7. The van der Waals surface area contributed by atoms with E-state index in [0.29, 0.717) is 0 Å². The molecule has 0 aromatic heterocycles. The average molecular weight is 398 g/mol. The van der Waals surface area contributed by atoms with E-state index in [0.717, 1.165) is 16.0 Å². The van der Waals surface area contributed by atoms with Gasteiger partial charge >= 0.3 is 0 Å². The van der Waals surface area contributed by atoms with Gasteiger partial charge in [0.25, 0.3) is 0 Å². The molecule has 3 aromatic rings. The summed E-state index contributed by atoms with van der Waals surface area (Å²) in [7, 11) is -3.58. The summed E-state index contributed by atoms with van der Waals surface area (Å²) in [6, 6.07) is 26.7. The Morgan fingerprint density at radius 2 is 1.37 bits per heavy atom. The first-order valence-corrected chi connectivity index (χ1v) is 11.2. The van der Waals surface area contributed by atoms with Crippen LogP contribution in [0.1, 0.15) is 23.3 Å². The molecule has 2 unspecified atom stereocenters. The van der Waals surface area contributed by atoms with Crippen LogP contribution < -0.4 is 4.72 Å². The first-order valence-electron chi connectivity index (χ1n) is 8.81. The van der Waals surface area contributed by atoms with Gasteiger partial charge < -0.3 is 0 Å². The van der Waals surface area contributed by atoms with Crippen molar-refractivity contribution >= 4 is 21.8 Å². The number of benzene rings is 3. The lowest BCUT2D eigenvalue weighted by molar-refractivity contribution is 0.557. The fraction of sp³-hybridized carbons (Fsp3) is 0.182. The Morgan fingerprint density at radius 1 is 0.815 bits per heavy atom. The molecule has 0 aliphatic heterocycles. The Labute approximate surface area is 165 Å². The number of hydrogen-bond donors (Lipinski definition) is 1. The molecule has 0 amide bonds. The van der Waals surface area contributed by atoms with Crippen LogP contribution in [-0.2, 0) is 10.0 Å². The van der Waals surface area contributed by atoms with Crippen LogP contribution in [0.25, 0.3) is 0 Å². The molecule has 27 heavy (non-hydrogen) atoms. The van der Waals surface area contributed by atoms with Crippen molar-refractivity contribution in [2.75, 3.05) is 0 Å². The zero-order valence-electron chi connectivity index (χ0n) is 15.4. The minimum absolute atomic E-state index is 0.0474. The van der Waals surface area contributed by atoms with Crippen LogP contribution in [0, 0.1) is 6.92 Å². The highest BCUT2D eigenvalue weighted by molar-refractivity contribution is 7.99. The second kappa shape index (κ2) is 8.74. The van der Waals surface area contributed by atoms with Crippen molar-refractivity contribution in [1.82, 2.24) is 4.72 Å². The highest BCUT2D eigenvalue weighted by Gasteiger charge is 2.26. The number of aryl methyl sites for hydroxylation is 1. The molecule has 0 saturated heterocycles. The van der Waals surface area contributed by atoms with Crippen LogP contribution >= 0.6 is 11.8 Å². The molecule has 3 rings (SSSR count). The molecular formula is C22H23NO2S2. The number of nitrogens with one attached hydrogen (secondary N) is 1. The van der Waals surface area contributed by atoms with Crippen LogP contribution in [-0.4, -0.2) is 14.5 Å². The van der Waals surface area contributed by atoms with E-state index in [1.165, 1.54) is 0 Å². The average Bonchev–Trinajstić information content (AvgIpc) is 2.67. The van der Waals surface area contributed by atoms with Gasteiger partial charge in [0, 0.05) is 10.9 Å². The van der Waals surface area contributed by atoms with Gasteiger partial charge in [0.15, 0.2) is 0 Å². The Balaban J connectivity index is 1.86. The van der Waals surface area contributed by atoms with Crippen molar-refractivity contribution in [2.24, 2.45) is 0 Å². The first-order chi connectivity index (χ1) is 13.0. The van der Waals surface area contributed by atoms with Crippen molar-refractivity contribution < 1.29 is 8.42 Å². The van der Waals surface area contributed by atoms with Crippen LogP contribution in [0.15, 0.2) is 94.7 Å². The van der Waals surface area contributed by atoms with Crippen molar-refractivity contribution in [2.45, 2.75) is 34.9 Å². The summed E-state index contributed by atoms with van der Waals surface area (Å²) in [6.07, 6.45) is 0. The van der Waals surface area contributed by atoms with Crippen LogP contribution in [0.4, 0.5) is 0 Å². The summed E-state index contributed by atoms with van der Waals surface area (Å²) < 4.78 is 28.5. The Bertz CT molecular complexity index is 956. The molecule has 2 atom stereocenters. The number of rotatable bonds is 7. The molecule has 140 valence electrons. The van der Waals surface area contributed by atoms with E-state index in [-0.39, 0.29) is 16.2 Å². The van der Waals surface area contributed by atoms with Crippen molar-refractivity contribution in [1.29, 1.82) is 0 Å². The third-order valence-electron chi connectivity index (χ3n) is 4.26. The second-order valence-electron chi connectivity index (χ2n) is 6.49. The Kier molecular flexibility index (Phi) is 6.37. The molecule has 0 heterocycles. The molecule has 3 aromatic carbocycles. The van der Waals surface area contributed by atoms with Crippen LogP contribution in [0.2, 0.25) is 0 Å². The predicted octanol–water partition coefficient (Wildman–Crippen LogP) is 5.20. The molecule has 0 saturated carbocycles. The molecule has 0 bridgehead atoms. The summed E-state index contributed by atoms with van der Waals surface area (Å²) in [6.45, 7) is 3.85. The van der Waals surface area contributed by atoms with E-state index in [9.17, 15) is 8.42 Å². The monoisotopic (exact) mass is 397 g/mol. The maximum absolute atomic E-state index is 12.8. The lowest BCUT2D eigenvalue weighted by atomic mass is 10.1. The van der Waals surface area contributed by atoms with E-state index in [4.69, 9.17) is 0 Å². The summed E-state index contributed by atoms with van der Waals surface area (Å²) in [4.78, 5) is 1.39. The predicted molar refractivity (Wildman–Crippen MR) is 112 cm³/mol. The van der Waals surface area contributed by atoms with Crippen LogP contribution in [0.3, 0.4) is 0 Å². The van der Waals surface area contributed by atoms with Gasteiger partial charge in [-0.25, -0.2) is 13.1 Å². The number of thioether (sulfide) groups is 1. The number of sulfonamides is 1. The lowest BCUT2D eigenvalue weighted by Gasteiger charge is -2.25. The fourth-order valence-corrected chi connectivity index (χ4v) is 5.35. The molecule has 1 N–H and O–H groups in total. The molecule has 0 fully saturated rings. The third kappa shape index (κ3) is 5.22. The summed E-state index contributed by atoms with van der Waals surface area (Å²) in [5.41, 5.74) is 2.12. The molecular weight excluding hydrogens is 374 g/mol. The molecule has 0 spiro atoms. The highest BCUT2D eigenvalue weighted by Crippen LogP contribution is 2.38. The third-order valence-corrected chi connectivity index (χ3v) is 7.31. The van der Waals surface area contributed by atoms with Gasteiger partial charge in [-0.2, -0.15) is 0 Å². The van der Waals surface area contributed by atoms with Crippen molar-refractivity contribution in [3.8, 4) is 0 Å². The largest absolute Gasteiger partial charge is 0.240 e. The van der Waals surface area contributed by atoms with Gasteiger partial charge in [-0.15, -0.1) is 11.8 Å². The normalized spacial score (nSPS) is 13.9. The molecule has 5 heteroatoms. The maximum atomic E-state index is 12.8. The topological polar surface area (TPSA) is 46.2 Å². The van der Waals surface area contributed by atoms with Gasteiger partial charge in [-0.1, -0.05) is 66.2 Å². The minimum atomic E-state index is -3.58. The fourth-order valence-electron chi connectivity index (χ4n) is 2.84. The van der Waals surface area contributed by atoms with Crippen molar-refractivity contribution in [3.63, 3.8) is 0 Å². The molecule has 0 aliphatic carbocycles. The summed E-state index contributed by atoms with van der Waals surface area (Å²) in [5, 5.41) is -0.0474. The maximum Gasteiger partial charge on any atom is 0.240 e.